The second-order valence-corrected chi connectivity index (χ2v) is 6.73. The van der Waals surface area contributed by atoms with Gasteiger partial charge in [-0.3, -0.25) is 9.48 Å². The van der Waals surface area contributed by atoms with E-state index in [1.165, 1.54) is 17.0 Å². The highest BCUT2D eigenvalue weighted by Crippen LogP contribution is 2.29. The summed E-state index contributed by atoms with van der Waals surface area (Å²) in [5, 5.41) is 13.1. The summed E-state index contributed by atoms with van der Waals surface area (Å²) in [6.07, 6.45) is -3.19. The number of benzene rings is 1. The van der Waals surface area contributed by atoms with Crippen LogP contribution in [0.1, 0.15) is 40.9 Å². The van der Waals surface area contributed by atoms with Crippen LogP contribution in [-0.2, 0) is 30.5 Å². The first-order valence-electron chi connectivity index (χ1n) is 8.93. The lowest BCUT2D eigenvalue weighted by atomic mass is 10.1. The van der Waals surface area contributed by atoms with Crippen LogP contribution >= 0.6 is 0 Å². The lowest BCUT2D eigenvalue weighted by Crippen LogP contribution is -2.26. The molecule has 0 aliphatic carbocycles. The summed E-state index contributed by atoms with van der Waals surface area (Å²) in [5.41, 5.74) is 2.72. The normalized spacial score (nSPS) is 11.3. The Morgan fingerprint density at radius 1 is 1.25 bits per heavy atom. The number of aryl methyl sites for hydroxylation is 2. The maximum atomic E-state index is 12.6. The first-order valence-corrected chi connectivity index (χ1v) is 8.93. The summed E-state index contributed by atoms with van der Waals surface area (Å²) in [4.78, 5) is 13.9. The number of rotatable bonds is 7. The molecule has 5 nitrogen and oxygen atoms in total. The summed E-state index contributed by atoms with van der Waals surface area (Å²) in [6, 6.07) is 6.91. The van der Waals surface area contributed by atoms with Crippen molar-refractivity contribution in [2.24, 2.45) is 0 Å². The second-order valence-electron chi connectivity index (χ2n) is 6.73. The van der Waals surface area contributed by atoms with Gasteiger partial charge in [0.25, 0.3) is 0 Å². The highest BCUT2D eigenvalue weighted by atomic mass is 19.4. The second kappa shape index (κ2) is 8.91. The highest BCUT2D eigenvalue weighted by Gasteiger charge is 2.30. The summed E-state index contributed by atoms with van der Waals surface area (Å²) in [5.74, 6) is -0.0940. The van der Waals surface area contributed by atoms with Crippen molar-refractivity contribution in [2.75, 3.05) is 7.05 Å². The molecule has 150 valence electrons. The van der Waals surface area contributed by atoms with Gasteiger partial charge in [-0.05, 0) is 43.5 Å². The van der Waals surface area contributed by atoms with Gasteiger partial charge in [-0.2, -0.15) is 23.5 Å². The zero-order valence-corrected chi connectivity index (χ0v) is 16.2. The van der Waals surface area contributed by atoms with E-state index in [-0.39, 0.29) is 18.9 Å². The van der Waals surface area contributed by atoms with Gasteiger partial charge in [0.1, 0.15) is 0 Å². The minimum Gasteiger partial charge on any atom is -0.341 e. The number of hydrogen-bond acceptors (Lipinski definition) is 3. The molecule has 0 aliphatic heterocycles. The molecule has 1 heterocycles. The van der Waals surface area contributed by atoms with Gasteiger partial charge in [-0.25, -0.2) is 0 Å². The van der Waals surface area contributed by atoms with Gasteiger partial charge >= 0.3 is 6.18 Å². The van der Waals surface area contributed by atoms with Crippen LogP contribution in [0.25, 0.3) is 0 Å². The van der Waals surface area contributed by atoms with E-state index in [1.807, 2.05) is 13.8 Å². The van der Waals surface area contributed by atoms with E-state index in [4.69, 9.17) is 5.26 Å². The van der Waals surface area contributed by atoms with Crippen LogP contribution in [0.5, 0.6) is 0 Å². The van der Waals surface area contributed by atoms with E-state index in [1.54, 1.807) is 11.7 Å². The Kier molecular flexibility index (Phi) is 6.84. The Morgan fingerprint density at radius 3 is 2.46 bits per heavy atom. The van der Waals surface area contributed by atoms with Crippen molar-refractivity contribution in [3.05, 3.63) is 52.3 Å². The SMILES string of the molecule is Cc1nn(CCC#N)c(C)c1CCC(=O)N(C)Cc1ccc(C(F)(F)F)cc1. The molecule has 1 aromatic carbocycles. The van der Waals surface area contributed by atoms with Crippen LogP contribution in [-0.4, -0.2) is 27.6 Å². The molecule has 0 spiro atoms. The van der Waals surface area contributed by atoms with Crippen molar-refractivity contribution >= 4 is 5.91 Å². The third-order valence-corrected chi connectivity index (χ3v) is 4.68. The van der Waals surface area contributed by atoms with E-state index in [9.17, 15) is 18.0 Å². The number of aromatic nitrogens is 2. The fourth-order valence-electron chi connectivity index (χ4n) is 3.05. The molecule has 0 unspecified atom stereocenters. The topological polar surface area (TPSA) is 61.9 Å². The zero-order valence-electron chi connectivity index (χ0n) is 16.2. The number of hydrogen-bond donors (Lipinski definition) is 0. The molecule has 0 saturated carbocycles. The number of halogens is 3. The maximum Gasteiger partial charge on any atom is 0.416 e. The first kappa shape index (κ1) is 21.5. The Hall–Kier alpha value is -2.82. The summed E-state index contributed by atoms with van der Waals surface area (Å²) in [6.45, 7) is 4.56. The molecule has 2 rings (SSSR count). The van der Waals surface area contributed by atoms with Crippen molar-refractivity contribution in [1.82, 2.24) is 14.7 Å². The summed E-state index contributed by atoms with van der Waals surface area (Å²) < 4.78 is 39.6. The van der Waals surface area contributed by atoms with Crippen LogP contribution in [0, 0.1) is 25.2 Å². The predicted octanol–water partition coefficient (Wildman–Crippen LogP) is 4.02. The fourth-order valence-corrected chi connectivity index (χ4v) is 3.05. The number of nitrogens with zero attached hydrogens (tertiary/aromatic N) is 4. The molecule has 2 aromatic rings. The van der Waals surface area contributed by atoms with Gasteiger partial charge in [0.2, 0.25) is 5.91 Å². The van der Waals surface area contributed by atoms with Crippen molar-refractivity contribution in [3.8, 4) is 6.07 Å². The smallest absolute Gasteiger partial charge is 0.341 e. The monoisotopic (exact) mass is 392 g/mol. The lowest BCUT2D eigenvalue weighted by molar-refractivity contribution is -0.137. The van der Waals surface area contributed by atoms with Gasteiger partial charge in [0.05, 0.1) is 30.3 Å². The third kappa shape index (κ3) is 5.35. The molecule has 0 radical (unpaired) electrons. The van der Waals surface area contributed by atoms with Gasteiger partial charge < -0.3 is 4.90 Å². The molecule has 0 aliphatic rings. The van der Waals surface area contributed by atoms with E-state index in [2.05, 4.69) is 11.2 Å². The van der Waals surface area contributed by atoms with Crippen LogP contribution in [0.3, 0.4) is 0 Å². The van der Waals surface area contributed by atoms with Gasteiger partial charge in [-0.15, -0.1) is 0 Å². The fraction of sp³-hybridized carbons (Fsp3) is 0.450. The Bertz CT molecular complexity index is 863. The van der Waals surface area contributed by atoms with Gasteiger partial charge in [-0.1, -0.05) is 12.1 Å². The minimum atomic E-state index is -4.37. The van der Waals surface area contributed by atoms with E-state index >= 15 is 0 Å². The number of nitriles is 1. The number of carbonyl (C=O) groups is 1. The van der Waals surface area contributed by atoms with E-state index in [0.29, 0.717) is 24.9 Å². The van der Waals surface area contributed by atoms with Crippen LogP contribution in [0.2, 0.25) is 0 Å². The molecule has 1 aromatic heterocycles. The number of amides is 1. The Labute approximate surface area is 162 Å². The third-order valence-electron chi connectivity index (χ3n) is 4.68. The number of carbonyl (C=O) groups excluding carboxylic acids is 1. The Morgan fingerprint density at radius 2 is 1.89 bits per heavy atom. The van der Waals surface area contributed by atoms with Crippen LogP contribution in [0.4, 0.5) is 13.2 Å². The molecule has 8 heteroatoms. The average molecular weight is 392 g/mol. The molecule has 0 bridgehead atoms. The summed E-state index contributed by atoms with van der Waals surface area (Å²) in [7, 11) is 1.63. The van der Waals surface area contributed by atoms with Crippen LogP contribution < -0.4 is 0 Å². The van der Waals surface area contributed by atoms with Crippen molar-refractivity contribution in [1.29, 1.82) is 5.26 Å². The lowest BCUT2D eigenvalue weighted by Gasteiger charge is -2.18. The highest BCUT2D eigenvalue weighted by molar-refractivity contribution is 5.76. The van der Waals surface area contributed by atoms with E-state index in [0.717, 1.165) is 29.1 Å². The largest absolute Gasteiger partial charge is 0.416 e. The predicted molar refractivity (Wildman–Crippen MR) is 98.2 cm³/mol. The molecule has 0 fully saturated rings. The van der Waals surface area contributed by atoms with Gasteiger partial charge in [0.15, 0.2) is 0 Å². The van der Waals surface area contributed by atoms with Crippen molar-refractivity contribution < 1.29 is 18.0 Å². The van der Waals surface area contributed by atoms with Gasteiger partial charge in [0, 0.05) is 25.7 Å². The Balaban J connectivity index is 1.94. The average Bonchev–Trinajstić information content (AvgIpc) is 2.90. The maximum absolute atomic E-state index is 12.6. The minimum absolute atomic E-state index is 0.0940. The van der Waals surface area contributed by atoms with Crippen molar-refractivity contribution in [2.45, 2.75) is 52.4 Å². The quantitative estimate of drug-likeness (QED) is 0.715. The molecular formula is C20H23F3N4O. The molecule has 1 amide bonds. The molecular weight excluding hydrogens is 369 g/mol. The number of alkyl halides is 3. The summed E-state index contributed by atoms with van der Waals surface area (Å²) >= 11 is 0. The molecule has 0 N–H and O–H groups in total. The standard InChI is InChI=1S/C20H23F3N4O/c1-14-18(15(2)27(25-14)12-4-11-24)9-10-19(28)26(3)13-16-5-7-17(8-6-16)20(21,22)23/h5-8H,4,9-10,12-13H2,1-3H3. The zero-order chi connectivity index (χ0) is 20.9. The molecule has 0 saturated heterocycles. The van der Waals surface area contributed by atoms with E-state index < -0.39 is 11.7 Å². The molecule has 28 heavy (non-hydrogen) atoms. The first-order chi connectivity index (χ1) is 13.1. The molecule has 0 atom stereocenters. The van der Waals surface area contributed by atoms with Crippen LogP contribution in [0.15, 0.2) is 24.3 Å². The van der Waals surface area contributed by atoms with Crippen molar-refractivity contribution in [3.63, 3.8) is 0 Å².